The minimum Gasteiger partial charge on any atom is -0.303 e. The maximum Gasteiger partial charge on any atom is 0.171 e. The predicted molar refractivity (Wildman–Crippen MR) is 41.3 cm³/mol. The van der Waals surface area contributed by atoms with E-state index < -0.39 is 6.17 Å². The number of ketones is 1. The van der Waals surface area contributed by atoms with Crippen LogP contribution in [0.15, 0.2) is 0 Å². The Kier molecular flexibility index (Phi) is 3.00. The summed E-state index contributed by atoms with van der Waals surface area (Å²) >= 11 is 0. The first kappa shape index (κ1) is 8.65. The molecule has 1 fully saturated rings. The van der Waals surface area contributed by atoms with Crippen molar-refractivity contribution in [1.82, 2.24) is 4.90 Å². The summed E-state index contributed by atoms with van der Waals surface area (Å²) in [6, 6.07) is 0. The molecule has 0 aromatic carbocycles. The van der Waals surface area contributed by atoms with E-state index in [2.05, 4.69) is 0 Å². The summed E-state index contributed by atoms with van der Waals surface area (Å²) in [7, 11) is 1.85. The van der Waals surface area contributed by atoms with Gasteiger partial charge in [0.2, 0.25) is 0 Å². The molecule has 0 bridgehead atoms. The summed E-state index contributed by atoms with van der Waals surface area (Å²) in [5.41, 5.74) is 0. The van der Waals surface area contributed by atoms with Crippen molar-refractivity contribution >= 4 is 5.78 Å². The molecule has 2 nitrogen and oxygen atoms in total. The molecule has 0 saturated carbocycles. The van der Waals surface area contributed by atoms with Gasteiger partial charge in [-0.1, -0.05) is 0 Å². The molecule has 1 unspecified atom stereocenters. The maximum atomic E-state index is 12.9. The van der Waals surface area contributed by atoms with Crippen LogP contribution in [0, 0.1) is 0 Å². The molecule has 0 aromatic rings. The van der Waals surface area contributed by atoms with Crippen molar-refractivity contribution in [3.63, 3.8) is 0 Å². The van der Waals surface area contributed by atoms with Gasteiger partial charge in [-0.15, -0.1) is 0 Å². The molecule has 0 aliphatic carbocycles. The van der Waals surface area contributed by atoms with Crippen LogP contribution in [0.3, 0.4) is 0 Å². The zero-order valence-electron chi connectivity index (χ0n) is 6.85. The van der Waals surface area contributed by atoms with E-state index in [9.17, 15) is 9.18 Å². The lowest BCUT2D eigenvalue weighted by Gasteiger charge is -2.21. The summed E-state index contributed by atoms with van der Waals surface area (Å²) < 4.78 is 12.9. The summed E-state index contributed by atoms with van der Waals surface area (Å²) in [6.45, 7) is 1.19. The molecule has 0 aromatic heterocycles. The van der Waals surface area contributed by atoms with Crippen molar-refractivity contribution in [3.05, 3.63) is 0 Å². The molecular weight excluding hydrogens is 145 g/mol. The molecular formula is C8H14FNO. The van der Waals surface area contributed by atoms with E-state index >= 15 is 0 Å². The van der Waals surface area contributed by atoms with Crippen molar-refractivity contribution in [2.24, 2.45) is 0 Å². The molecule has 1 aliphatic heterocycles. The Labute approximate surface area is 66.4 Å². The molecule has 0 radical (unpaired) electrons. The number of alkyl halides is 1. The molecule has 11 heavy (non-hydrogen) atoms. The van der Waals surface area contributed by atoms with Crippen molar-refractivity contribution in [2.75, 3.05) is 20.1 Å². The highest BCUT2D eigenvalue weighted by molar-refractivity contribution is 5.83. The lowest BCUT2D eigenvalue weighted by Crippen LogP contribution is -2.34. The van der Waals surface area contributed by atoms with E-state index in [4.69, 9.17) is 0 Å². The van der Waals surface area contributed by atoms with E-state index in [0.29, 0.717) is 6.42 Å². The highest BCUT2D eigenvalue weighted by atomic mass is 19.1. The van der Waals surface area contributed by atoms with Crippen molar-refractivity contribution in [2.45, 2.75) is 25.4 Å². The summed E-state index contributed by atoms with van der Waals surface area (Å²) in [5, 5.41) is 0. The normalized spacial score (nSPS) is 29.6. The van der Waals surface area contributed by atoms with Gasteiger partial charge >= 0.3 is 0 Å². The summed E-state index contributed by atoms with van der Waals surface area (Å²) in [6.07, 6.45) is 1.02. The first-order chi connectivity index (χ1) is 5.20. The van der Waals surface area contributed by atoms with E-state index in [1.165, 1.54) is 0 Å². The summed E-state index contributed by atoms with van der Waals surface area (Å²) in [4.78, 5) is 12.8. The lowest BCUT2D eigenvalue weighted by atomic mass is 10.1. The van der Waals surface area contributed by atoms with Gasteiger partial charge in [-0.2, -0.15) is 0 Å². The first-order valence-electron chi connectivity index (χ1n) is 4.05. The third kappa shape index (κ3) is 2.58. The summed E-state index contributed by atoms with van der Waals surface area (Å²) in [5.74, 6) is -0.225. The molecule has 64 valence electrons. The van der Waals surface area contributed by atoms with Gasteiger partial charge in [0.05, 0.1) is 0 Å². The molecule has 1 aliphatic rings. The van der Waals surface area contributed by atoms with Gasteiger partial charge in [-0.25, -0.2) is 4.39 Å². The van der Waals surface area contributed by atoms with Crippen LogP contribution in [-0.4, -0.2) is 37.0 Å². The average Bonchev–Trinajstić information content (AvgIpc) is 1.95. The van der Waals surface area contributed by atoms with Crippen molar-refractivity contribution < 1.29 is 9.18 Å². The van der Waals surface area contributed by atoms with E-state index in [1.807, 2.05) is 11.9 Å². The molecule has 0 amide bonds. The molecule has 1 heterocycles. The Morgan fingerprint density at radius 2 is 2.27 bits per heavy atom. The van der Waals surface area contributed by atoms with Crippen molar-refractivity contribution in [1.29, 1.82) is 0 Å². The second kappa shape index (κ2) is 3.81. The monoisotopic (exact) mass is 159 g/mol. The quantitative estimate of drug-likeness (QED) is 0.525. The molecule has 0 N–H and O–H groups in total. The Bertz CT molecular complexity index is 149. The van der Waals surface area contributed by atoms with Crippen LogP contribution in [-0.2, 0) is 4.79 Å². The van der Waals surface area contributed by atoms with Gasteiger partial charge in [0, 0.05) is 13.0 Å². The first-order valence-corrected chi connectivity index (χ1v) is 4.05. The number of nitrogens with zero attached hydrogens (tertiary/aromatic N) is 1. The Morgan fingerprint density at radius 1 is 1.55 bits per heavy atom. The third-order valence-corrected chi connectivity index (χ3v) is 2.03. The number of carbonyl (C=O) groups excluding carboxylic acids is 1. The number of hydrogen-bond acceptors (Lipinski definition) is 2. The van der Waals surface area contributed by atoms with Gasteiger partial charge in [0.1, 0.15) is 0 Å². The standard InChI is InChI=1S/C8H14FNO/c1-10-5-3-2-4-8(11)7(9)6-10/h7H,2-6H2,1H3. The Hall–Kier alpha value is -0.440. The van der Waals surface area contributed by atoms with Gasteiger partial charge < -0.3 is 4.90 Å². The minimum atomic E-state index is -1.25. The largest absolute Gasteiger partial charge is 0.303 e. The van der Waals surface area contributed by atoms with Gasteiger partial charge in [0.15, 0.2) is 12.0 Å². The molecule has 3 heteroatoms. The van der Waals surface area contributed by atoms with Gasteiger partial charge in [-0.05, 0) is 26.4 Å². The van der Waals surface area contributed by atoms with E-state index in [0.717, 1.165) is 19.4 Å². The van der Waals surface area contributed by atoms with E-state index in [1.54, 1.807) is 0 Å². The van der Waals surface area contributed by atoms with Crippen LogP contribution in [0.5, 0.6) is 0 Å². The zero-order chi connectivity index (χ0) is 8.27. The average molecular weight is 159 g/mol. The fourth-order valence-electron chi connectivity index (χ4n) is 1.30. The number of Topliss-reactive ketones (excluding diaryl/α,β-unsaturated/α-hetero) is 1. The number of halogens is 1. The number of rotatable bonds is 0. The second-order valence-electron chi connectivity index (χ2n) is 3.15. The third-order valence-electron chi connectivity index (χ3n) is 2.03. The highest BCUT2D eigenvalue weighted by Crippen LogP contribution is 2.08. The van der Waals surface area contributed by atoms with Crippen LogP contribution in [0.4, 0.5) is 4.39 Å². The van der Waals surface area contributed by atoms with Gasteiger partial charge in [-0.3, -0.25) is 4.79 Å². The number of likely N-dealkylation sites (tertiary alicyclic amines) is 1. The Balaban J connectivity index is 2.45. The minimum absolute atomic E-state index is 0.225. The second-order valence-corrected chi connectivity index (χ2v) is 3.15. The molecule has 1 atom stereocenters. The fourth-order valence-corrected chi connectivity index (χ4v) is 1.30. The fraction of sp³-hybridized carbons (Fsp3) is 0.875. The van der Waals surface area contributed by atoms with Crippen LogP contribution < -0.4 is 0 Å². The molecule has 1 rings (SSSR count). The van der Waals surface area contributed by atoms with E-state index in [-0.39, 0.29) is 12.3 Å². The lowest BCUT2D eigenvalue weighted by molar-refractivity contribution is -0.125. The van der Waals surface area contributed by atoms with Crippen LogP contribution in [0.25, 0.3) is 0 Å². The smallest absolute Gasteiger partial charge is 0.171 e. The highest BCUT2D eigenvalue weighted by Gasteiger charge is 2.20. The molecule has 1 saturated heterocycles. The van der Waals surface area contributed by atoms with Gasteiger partial charge in [0.25, 0.3) is 0 Å². The van der Waals surface area contributed by atoms with Crippen molar-refractivity contribution in [3.8, 4) is 0 Å². The van der Waals surface area contributed by atoms with Crippen LogP contribution in [0.2, 0.25) is 0 Å². The van der Waals surface area contributed by atoms with Crippen LogP contribution >= 0.6 is 0 Å². The Morgan fingerprint density at radius 3 is 3.00 bits per heavy atom. The SMILES string of the molecule is CN1CCCCC(=O)C(F)C1. The van der Waals surface area contributed by atoms with Crippen LogP contribution in [0.1, 0.15) is 19.3 Å². The topological polar surface area (TPSA) is 20.3 Å². The molecule has 0 spiro atoms. The number of hydrogen-bond donors (Lipinski definition) is 0. The maximum absolute atomic E-state index is 12.9. The zero-order valence-corrected chi connectivity index (χ0v) is 6.85. The number of carbonyl (C=O) groups is 1. The predicted octanol–water partition coefficient (Wildman–Crippen LogP) is 1.01.